The average molecular weight is 282 g/mol. The average Bonchev–Trinajstić information content (AvgIpc) is 2.80. The van der Waals surface area contributed by atoms with Crippen molar-refractivity contribution in [1.82, 2.24) is 9.66 Å². The molecule has 0 aliphatic carbocycles. The Morgan fingerprint density at radius 2 is 2.00 bits per heavy atom. The number of benzene rings is 1. The molecule has 1 aromatic carbocycles. The van der Waals surface area contributed by atoms with Crippen LogP contribution in [0.1, 0.15) is 25.1 Å². The number of hydrogen-bond acceptors (Lipinski definition) is 2. The van der Waals surface area contributed by atoms with Crippen molar-refractivity contribution in [1.29, 1.82) is 0 Å². The SMILES string of the molecule is Fc1cccc2c1nc(CCCl)n2N1CCCCC1. The van der Waals surface area contributed by atoms with Crippen LogP contribution in [-0.4, -0.2) is 28.6 Å². The summed E-state index contributed by atoms with van der Waals surface area (Å²) in [5, 5.41) is 2.26. The summed E-state index contributed by atoms with van der Waals surface area (Å²) in [6, 6.07) is 5.13. The van der Waals surface area contributed by atoms with Gasteiger partial charge in [-0.15, -0.1) is 11.6 Å². The molecule has 1 aromatic heterocycles. The van der Waals surface area contributed by atoms with Gasteiger partial charge in [0.05, 0.1) is 5.52 Å². The second-order valence-corrected chi connectivity index (χ2v) is 5.28. The molecular weight excluding hydrogens is 265 g/mol. The second-order valence-electron chi connectivity index (χ2n) is 4.90. The van der Waals surface area contributed by atoms with Crippen LogP contribution in [0.15, 0.2) is 18.2 Å². The molecule has 1 saturated heterocycles. The summed E-state index contributed by atoms with van der Waals surface area (Å²) >= 11 is 5.85. The highest BCUT2D eigenvalue weighted by Gasteiger charge is 2.19. The van der Waals surface area contributed by atoms with Crippen LogP contribution in [0.3, 0.4) is 0 Å². The van der Waals surface area contributed by atoms with Gasteiger partial charge in [-0.1, -0.05) is 6.07 Å². The highest BCUT2D eigenvalue weighted by Crippen LogP contribution is 2.22. The predicted octanol–water partition coefficient (Wildman–Crippen LogP) is 3.08. The van der Waals surface area contributed by atoms with Gasteiger partial charge in [-0.25, -0.2) is 14.1 Å². The topological polar surface area (TPSA) is 21.1 Å². The molecule has 2 aromatic rings. The Labute approximate surface area is 116 Å². The Bertz CT molecular complexity index is 575. The smallest absolute Gasteiger partial charge is 0.151 e. The molecule has 0 spiro atoms. The van der Waals surface area contributed by atoms with Crippen LogP contribution in [0.5, 0.6) is 0 Å². The Kier molecular flexibility index (Phi) is 3.60. The van der Waals surface area contributed by atoms with Gasteiger partial charge in [-0.2, -0.15) is 0 Å². The largest absolute Gasteiger partial charge is 0.311 e. The van der Waals surface area contributed by atoms with E-state index in [1.54, 1.807) is 6.07 Å². The zero-order valence-corrected chi connectivity index (χ0v) is 11.5. The molecule has 0 N–H and O–H groups in total. The van der Waals surface area contributed by atoms with E-state index in [9.17, 15) is 4.39 Å². The molecule has 2 heterocycles. The molecule has 0 saturated carbocycles. The zero-order valence-electron chi connectivity index (χ0n) is 10.8. The van der Waals surface area contributed by atoms with E-state index in [-0.39, 0.29) is 5.82 Å². The van der Waals surface area contributed by atoms with E-state index in [1.807, 2.05) is 6.07 Å². The summed E-state index contributed by atoms with van der Waals surface area (Å²) in [4.78, 5) is 4.44. The fourth-order valence-corrected chi connectivity index (χ4v) is 2.91. The second kappa shape index (κ2) is 5.37. The van der Waals surface area contributed by atoms with Gasteiger partial charge < -0.3 is 5.01 Å². The molecule has 102 valence electrons. The molecule has 19 heavy (non-hydrogen) atoms. The number of halogens is 2. The first-order valence-electron chi connectivity index (χ1n) is 6.78. The van der Waals surface area contributed by atoms with Gasteiger partial charge in [0.15, 0.2) is 5.82 Å². The van der Waals surface area contributed by atoms with Crippen molar-refractivity contribution >= 4 is 22.6 Å². The Hall–Kier alpha value is -1.29. The van der Waals surface area contributed by atoms with Gasteiger partial charge in [-0.3, -0.25) is 0 Å². The van der Waals surface area contributed by atoms with Crippen molar-refractivity contribution in [3.05, 3.63) is 29.8 Å². The van der Waals surface area contributed by atoms with Crippen LogP contribution in [0.25, 0.3) is 11.0 Å². The minimum Gasteiger partial charge on any atom is -0.311 e. The summed E-state index contributed by atoms with van der Waals surface area (Å²) < 4.78 is 15.9. The van der Waals surface area contributed by atoms with Crippen LogP contribution in [-0.2, 0) is 6.42 Å². The number of alkyl halides is 1. The van der Waals surface area contributed by atoms with Crippen LogP contribution < -0.4 is 5.01 Å². The van der Waals surface area contributed by atoms with Crippen molar-refractivity contribution in [2.45, 2.75) is 25.7 Å². The molecule has 1 fully saturated rings. The number of aromatic nitrogens is 2. The van der Waals surface area contributed by atoms with Gasteiger partial charge in [0.25, 0.3) is 0 Å². The van der Waals surface area contributed by atoms with Gasteiger partial charge in [0.1, 0.15) is 11.3 Å². The van der Waals surface area contributed by atoms with Crippen LogP contribution in [0, 0.1) is 5.82 Å². The van der Waals surface area contributed by atoms with Crippen LogP contribution in [0.2, 0.25) is 0 Å². The fraction of sp³-hybridized carbons (Fsp3) is 0.500. The summed E-state index contributed by atoms with van der Waals surface area (Å²) in [7, 11) is 0. The number of para-hydroxylation sites is 1. The molecule has 1 aliphatic rings. The first-order valence-corrected chi connectivity index (χ1v) is 7.32. The Morgan fingerprint density at radius 3 is 2.74 bits per heavy atom. The monoisotopic (exact) mass is 281 g/mol. The molecular formula is C14H17ClFN3. The van der Waals surface area contributed by atoms with Crippen molar-refractivity contribution in [3.63, 3.8) is 0 Å². The van der Waals surface area contributed by atoms with Gasteiger partial charge in [0.2, 0.25) is 0 Å². The lowest BCUT2D eigenvalue weighted by Gasteiger charge is -2.31. The van der Waals surface area contributed by atoms with Gasteiger partial charge in [0, 0.05) is 25.4 Å². The van der Waals surface area contributed by atoms with Gasteiger partial charge >= 0.3 is 0 Å². The maximum atomic E-state index is 13.9. The molecule has 0 amide bonds. The number of hydrogen-bond donors (Lipinski definition) is 0. The number of nitrogens with zero attached hydrogens (tertiary/aromatic N) is 3. The molecule has 5 heteroatoms. The predicted molar refractivity (Wildman–Crippen MR) is 75.9 cm³/mol. The fourth-order valence-electron chi connectivity index (χ4n) is 2.74. The lowest BCUT2D eigenvalue weighted by Crippen LogP contribution is -2.40. The van der Waals surface area contributed by atoms with Crippen LogP contribution in [0.4, 0.5) is 4.39 Å². The molecule has 0 atom stereocenters. The standard InChI is InChI=1S/C14H17ClFN3/c15-8-7-13-17-14-11(16)5-4-6-12(14)19(13)18-9-2-1-3-10-18/h4-6H,1-3,7-10H2. The lowest BCUT2D eigenvalue weighted by molar-refractivity contribution is 0.476. The quantitative estimate of drug-likeness (QED) is 0.806. The number of aryl methyl sites for hydroxylation is 1. The molecule has 0 unspecified atom stereocenters. The van der Waals surface area contributed by atoms with Crippen LogP contribution >= 0.6 is 11.6 Å². The van der Waals surface area contributed by atoms with E-state index in [4.69, 9.17) is 11.6 Å². The number of rotatable bonds is 3. The summed E-state index contributed by atoms with van der Waals surface area (Å²) in [6.45, 7) is 1.99. The molecule has 1 aliphatic heterocycles. The minimum atomic E-state index is -0.260. The normalized spacial score (nSPS) is 16.2. The number of piperidine rings is 1. The Balaban J connectivity index is 2.13. The summed E-state index contributed by atoms with van der Waals surface area (Å²) in [5.41, 5.74) is 1.30. The lowest BCUT2D eigenvalue weighted by atomic mass is 10.2. The number of imidazole rings is 1. The third-order valence-corrected chi connectivity index (χ3v) is 3.80. The van der Waals surface area contributed by atoms with E-state index < -0.39 is 0 Å². The molecule has 3 nitrogen and oxygen atoms in total. The third kappa shape index (κ3) is 2.29. The van der Waals surface area contributed by atoms with E-state index in [2.05, 4.69) is 14.7 Å². The maximum absolute atomic E-state index is 13.9. The molecule has 0 bridgehead atoms. The van der Waals surface area contributed by atoms with Crippen molar-refractivity contribution in [3.8, 4) is 0 Å². The van der Waals surface area contributed by atoms with E-state index in [0.29, 0.717) is 17.8 Å². The van der Waals surface area contributed by atoms with E-state index >= 15 is 0 Å². The first-order chi connectivity index (χ1) is 9.31. The van der Waals surface area contributed by atoms with Crippen molar-refractivity contribution < 1.29 is 4.39 Å². The van der Waals surface area contributed by atoms with Crippen molar-refractivity contribution in [2.24, 2.45) is 0 Å². The highest BCUT2D eigenvalue weighted by atomic mass is 35.5. The molecule has 0 radical (unpaired) electrons. The third-order valence-electron chi connectivity index (χ3n) is 3.61. The highest BCUT2D eigenvalue weighted by molar-refractivity contribution is 6.17. The summed E-state index contributed by atoms with van der Waals surface area (Å²) in [6.07, 6.45) is 4.28. The molecule has 3 rings (SSSR count). The minimum absolute atomic E-state index is 0.260. The summed E-state index contributed by atoms with van der Waals surface area (Å²) in [5.74, 6) is 1.10. The maximum Gasteiger partial charge on any atom is 0.151 e. The van der Waals surface area contributed by atoms with Gasteiger partial charge in [-0.05, 0) is 31.4 Å². The Morgan fingerprint density at radius 1 is 1.21 bits per heavy atom. The van der Waals surface area contributed by atoms with Crippen molar-refractivity contribution in [2.75, 3.05) is 24.0 Å². The zero-order chi connectivity index (χ0) is 13.2. The van der Waals surface area contributed by atoms with E-state index in [0.717, 1.165) is 24.4 Å². The first kappa shape index (κ1) is 12.7. The number of fused-ring (bicyclic) bond motifs is 1. The van der Waals surface area contributed by atoms with E-state index in [1.165, 1.54) is 25.3 Å².